The van der Waals surface area contributed by atoms with E-state index in [0.717, 1.165) is 12.8 Å². The van der Waals surface area contributed by atoms with Gasteiger partial charge in [0.05, 0.1) is 13.2 Å². The minimum atomic E-state index is -4.56. The summed E-state index contributed by atoms with van der Waals surface area (Å²) in [6.07, 6.45) is 4.46. The van der Waals surface area contributed by atoms with E-state index in [1.807, 2.05) is 0 Å². The minimum absolute atomic E-state index is 0.120. The van der Waals surface area contributed by atoms with Crippen LogP contribution in [0.2, 0.25) is 0 Å². The van der Waals surface area contributed by atoms with Crippen molar-refractivity contribution in [1.29, 1.82) is 0 Å². The molecule has 86 valence electrons. The Bertz CT molecular complexity index is 167. The highest BCUT2D eigenvalue weighted by atomic mass is 31.2. The molecule has 0 aromatic heterocycles. The molecule has 0 saturated carbocycles. The fourth-order valence-corrected chi connectivity index (χ4v) is 1.25. The fourth-order valence-electron chi connectivity index (χ4n) is 0.945. The van der Waals surface area contributed by atoms with Gasteiger partial charge in [0.1, 0.15) is 0 Å². The second-order valence-corrected chi connectivity index (χ2v) is 4.17. The molecule has 0 heterocycles. The Balaban J connectivity index is 3.03. The van der Waals surface area contributed by atoms with Crippen molar-refractivity contribution in [2.75, 3.05) is 19.8 Å². The molecule has 0 bridgehead atoms. The summed E-state index contributed by atoms with van der Waals surface area (Å²) in [6, 6.07) is 0. The van der Waals surface area contributed by atoms with Gasteiger partial charge in [-0.1, -0.05) is 26.2 Å². The highest BCUT2D eigenvalue weighted by Gasteiger charge is 2.00. The number of phosphoric acid groups is 1. The summed E-state index contributed by atoms with van der Waals surface area (Å²) < 4.78 is 19.3. The smallest absolute Gasteiger partial charge is 0.265 e. The number of rotatable bonds is 9. The molecule has 0 aromatic rings. The standard InChI is InChI=1S/C8H19O5P/c1-2-3-4-5-6-12-7-8-13-14(9,10)11/h2-8H2,1H3,(H2,9,10,11)/p-1. The molecule has 0 fully saturated rings. The van der Waals surface area contributed by atoms with Gasteiger partial charge in [0, 0.05) is 6.61 Å². The van der Waals surface area contributed by atoms with Gasteiger partial charge in [-0.15, -0.1) is 0 Å². The van der Waals surface area contributed by atoms with Crippen molar-refractivity contribution in [1.82, 2.24) is 0 Å². The van der Waals surface area contributed by atoms with Gasteiger partial charge in [0.15, 0.2) is 0 Å². The maximum atomic E-state index is 10.1. The molecule has 5 nitrogen and oxygen atoms in total. The van der Waals surface area contributed by atoms with E-state index in [-0.39, 0.29) is 13.2 Å². The van der Waals surface area contributed by atoms with E-state index >= 15 is 0 Å². The third-order valence-electron chi connectivity index (χ3n) is 1.62. The van der Waals surface area contributed by atoms with Gasteiger partial charge in [-0.05, 0) is 6.42 Å². The summed E-state index contributed by atoms with van der Waals surface area (Å²) in [6.45, 7) is 2.81. The lowest BCUT2D eigenvalue weighted by molar-refractivity contribution is -0.220. The van der Waals surface area contributed by atoms with Crippen molar-refractivity contribution in [3.8, 4) is 0 Å². The van der Waals surface area contributed by atoms with Crippen LogP contribution in [0.25, 0.3) is 0 Å². The molecule has 0 aliphatic heterocycles. The summed E-state index contributed by atoms with van der Waals surface area (Å²) >= 11 is 0. The first-order valence-corrected chi connectivity index (χ1v) is 6.32. The van der Waals surface area contributed by atoms with E-state index in [1.165, 1.54) is 12.8 Å². The minimum Gasteiger partial charge on any atom is -0.756 e. The van der Waals surface area contributed by atoms with Crippen LogP contribution in [0.4, 0.5) is 0 Å². The third kappa shape index (κ3) is 12.1. The van der Waals surface area contributed by atoms with E-state index in [4.69, 9.17) is 9.63 Å². The highest BCUT2D eigenvalue weighted by molar-refractivity contribution is 7.44. The molecule has 0 amide bonds. The molecule has 1 N–H and O–H groups in total. The molecular weight excluding hydrogens is 207 g/mol. The van der Waals surface area contributed by atoms with Crippen LogP contribution in [0.15, 0.2) is 0 Å². The lowest BCUT2D eigenvalue weighted by atomic mass is 10.2. The Morgan fingerprint density at radius 3 is 2.50 bits per heavy atom. The molecule has 0 aliphatic carbocycles. The van der Waals surface area contributed by atoms with Crippen molar-refractivity contribution in [3.63, 3.8) is 0 Å². The summed E-state index contributed by atoms with van der Waals surface area (Å²) in [5.74, 6) is 0. The Labute approximate surface area is 84.7 Å². The zero-order valence-corrected chi connectivity index (χ0v) is 9.37. The van der Waals surface area contributed by atoms with E-state index in [2.05, 4.69) is 11.4 Å². The monoisotopic (exact) mass is 225 g/mol. The Morgan fingerprint density at radius 2 is 1.93 bits per heavy atom. The largest absolute Gasteiger partial charge is 0.756 e. The van der Waals surface area contributed by atoms with Gasteiger partial charge in [-0.3, -0.25) is 4.57 Å². The normalized spacial score (nSPS) is 15.4. The zero-order chi connectivity index (χ0) is 10.9. The van der Waals surface area contributed by atoms with Crippen LogP contribution in [0.1, 0.15) is 32.6 Å². The number of ether oxygens (including phenoxy) is 1. The third-order valence-corrected chi connectivity index (χ3v) is 2.13. The average Bonchev–Trinajstić information content (AvgIpc) is 2.08. The van der Waals surface area contributed by atoms with Crippen molar-refractivity contribution in [3.05, 3.63) is 0 Å². The fraction of sp³-hybridized carbons (Fsp3) is 1.00. The average molecular weight is 225 g/mol. The van der Waals surface area contributed by atoms with E-state index < -0.39 is 7.82 Å². The van der Waals surface area contributed by atoms with Crippen LogP contribution < -0.4 is 4.89 Å². The molecule has 6 heteroatoms. The van der Waals surface area contributed by atoms with Crippen LogP contribution in [-0.2, 0) is 13.8 Å². The molecule has 0 radical (unpaired) electrons. The molecule has 14 heavy (non-hydrogen) atoms. The molecule has 0 rings (SSSR count). The van der Waals surface area contributed by atoms with E-state index in [0.29, 0.717) is 6.61 Å². The van der Waals surface area contributed by atoms with Gasteiger partial charge in [-0.25, -0.2) is 0 Å². The second kappa shape index (κ2) is 8.38. The number of hydrogen-bond donors (Lipinski definition) is 1. The van der Waals surface area contributed by atoms with Gasteiger partial charge in [0.25, 0.3) is 7.82 Å². The number of hydrogen-bond acceptors (Lipinski definition) is 4. The van der Waals surface area contributed by atoms with Crippen molar-refractivity contribution < 1.29 is 23.6 Å². The highest BCUT2D eigenvalue weighted by Crippen LogP contribution is 2.29. The predicted octanol–water partition coefficient (Wildman–Crippen LogP) is 1.06. The summed E-state index contributed by atoms with van der Waals surface area (Å²) in [4.78, 5) is 18.3. The molecule has 0 spiro atoms. The number of unbranched alkanes of at least 4 members (excludes halogenated alkanes) is 3. The molecule has 0 saturated heterocycles. The first kappa shape index (κ1) is 14.1. The van der Waals surface area contributed by atoms with Crippen molar-refractivity contribution in [2.45, 2.75) is 32.6 Å². The quantitative estimate of drug-likeness (QED) is 0.469. The first-order chi connectivity index (χ1) is 6.56. The predicted molar refractivity (Wildman–Crippen MR) is 50.7 cm³/mol. The van der Waals surface area contributed by atoms with Crippen molar-refractivity contribution in [2.24, 2.45) is 0 Å². The Morgan fingerprint density at radius 1 is 1.21 bits per heavy atom. The molecule has 0 aliphatic rings. The van der Waals surface area contributed by atoms with Crippen LogP contribution in [0, 0.1) is 0 Å². The molecule has 1 unspecified atom stereocenters. The molecule has 0 aromatic carbocycles. The molecular formula is C8H18O5P-. The van der Waals surface area contributed by atoms with Crippen LogP contribution in [0.3, 0.4) is 0 Å². The summed E-state index contributed by atoms with van der Waals surface area (Å²) in [5.41, 5.74) is 0. The van der Waals surface area contributed by atoms with Gasteiger partial charge >= 0.3 is 0 Å². The van der Waals surface area contributed by atoms with E-state index in [9.17, 15) is 9.46 Å². The second-order valence-electron chi connectivity index (χ2n) is 2.97. The Kier molecular flexibility index (Phi) is 8.43. The topological polar surface area (TPSA) is 78.8 Å². The van der Waals surface area contributed by atoms with Crippen LogP contribution >= 0.6 is 7.82 Å². The van der Waals surface area contributed by atoms with Gasteiger partial charge in [0.2, 0.25) is 0 Å². The lowest BCUT2D eigenvalue weighted by Crippen LogP contribution is -2.09. The maximum Gasteiger partial charge on any atom is 0.265 e. The number of phosphoric ester groups is 1. The summed E-state index contributed by atoms with van der Waals surface area (Å²) in [7, 11) is -4.56. The van der Waals surface area contributed by atoms with Gasteiger partial charge < -0.3 is 19.0 Å². The van der Waals surface area contributed by atoms with Crippen LogP contribution in [0.5, 0.6) is 0 Å². The van der Waals surface area contributed by atoms with Gasteiger partial charge in [-0.2, -0.15) is 0 Å². The Hall–Kier alpha value is 0.0700. The van der Waals surface area contributed by atoms with E-state index in [1.54, 1.807) is 0 Å². The zero-order valence-electron chi connectivity index (χ0n) is 8.48. The van der Waals surface area contributed by atoms with Crippen LogP contribution in [-0.4, -0.2) is 24.7 Å². The summed E-state index contributed by atoms with van der Waals surface area (Å²) in [5, 5.41) is 0. The SMILES string of the molecule is CCCCCCOCCOP(=O)([O-])O. The lowest BCUT2D eigenvalue weighted by Gasteiger charge is -2.15. The molecule has 1 atom stereocenters. The first-order valence-electron chi connectivity index (χ1n) is 4.82. The van der Waals surface area contributed by atoms with Crippen molar-refractivity contribution >= 4 is 7.82 Å². The maximum absolute atomic E-state index is 10.1.